The second-order valence-electron chi connectivity index (χ2n) is 9.78. The molecule has 1 aliphatic heterocycles. The molecule has 6 heteroatoms. The molecule has 4 aliphatic carbocycles. The van der Waals surface area contributed by atoms with E-state index >= 15 is 0 Å². The lowest BCUT2D eigenvalue weighted by Crippen LogP contribution is -2.58. The number of benzene rings is 1. The molecule has 4 bridgehead atoms. The summed E-state index contributed by atoms with van der Waals surface area (Å²) in [5, 5.41) is 1.05. The van der Waals surface area contributed by atoms with E-state index in [2.05, 4.69) is 15.9 Å². The van der Waals surface area contributed by atoms with E-state index in [0.717, 1.165) is 84.3 Å². The highest BCUT2D eigenvalue weighted by molar-refractivity contribution is 7.22. The van der Waals surface area contributed by atoms with Gasteiger partial charge in [0.05, 0.1) is 17.2 Å². The summed E-state index contributed by atoms with van der Waals surface area (Å²) in [6.07, 6.45) is 7.66. The molecule has 154 valence electrons. The summed E-state index contributed by atoms with van der Waals surface area (Å²) in [5.74, 6) is 3.78. The SMILES string of the molecule is COc1cccc2sc(N3CCN(C(=O)C45CC6CC(CC(C6)C4)C5)CC3)nc12. The van der Waals surface area contributed by atoms with Gasteiger partial charge < -0.3 is 14.5 Å². The van der Waals surface area contributed by atoms with Gasteiger partial charge in [0.25, 0.3) is 0 Å². The second kappa shape index (κ2) is 6.59. The first-order valence-corrected chi connectivity index (χ1v) is 11.9. The van der Waals surface area contributed by atoms with E-state index in [1.807, 2.05) is 12.1 Å². The number of piperazine rings is 1. The molecule has 2 aromatic rings. The Hall–Kier alpha value is -1.82. The minimum Gasteiger partial charge on any atom is -0.494 e. The van der Waals surface area contributed by atoms with Crippen LogP contribution < -0.4 is 9.64 Å². The third kappa shape index (κ3) is 2.86. The highest BCUT2D eigenvalue weighted by atomic mass is 32.1. The number of carbonyl (C=O) groups excluding carboxylic acids is 1. The maximum Gasteiger partial charge on any atom is 0.228 e. The number of carbonyl (C=O) groups is 1. The Morgan fingerprint density at radius 2 is 1.72 bits per heavy atom. The molecule has 0 spiro atoms. The molecule has 0 unspecified atom stereocenters. The number of ether oxygens (including phenoxy) is 1. The van der Waals surface area contributed by atoms with Gasteiger partial charge in [-0.25, -0.2) is 4.98 Å². The molecule has 4 saturated carbocycles. The molecule has 5 fully saturated rings. The van der Waals surface area contributed by atoms with Crippen molar-refractivity contribution in [2.45, 2.75) is 38.5 Å². The van der Waals surface area contributed by atoms with E-state index in [1.165, 1.54) is 19.3 Å². The molecule has 1 aromatic heterocycles. The van der Waals surface area contributed by atoms with Crippen LogP contribution in [0.25, 0.3) is 10.2 Å². The van der Waals surface area contributed by atoms with Crippen molar-refractivity contribution in [3.63, 3.8) is 0 Å². The lowest BCUT2D eigenvalue weighted by Gasteiger charge is -2.57. The lowest BCUT2D eigenvalue weighted by atomic mass is 9.49. The van der Waals surface area contributed by atoms with Crippen LogP contribution in [0.5, 0.6) is 5.75 Å². The van der Waals surface area contributed by atoms with E-state index in [0.29, 0.717) is 5.91 Å². The summed E-state index contributed by atoms with van der Waals surface area (Å²) in [6.45, 7) is 3.40. The second-order valence-corrected chi connectivity index (χ2v) is 10.8. The van der Waals surface area contributed by atoms with Crippen LogP contribution in [0.15, 0.2) is 18.2 Å². The average Bonchev–Trinajstić information content (AvgIpc) is 3.17. The summed E-state index contributed by atoms with van der Waals surface area (Å²) in [7, 11) is 1.70. The molecule has 29 heavy (non-hydrogen) atoms. The van der Waals surface area contributed by atoms with Crippen LogP contribution >= 0.6 is 11.3 Å². The van der Waals surface area contributed by atoms with Crippen molar-refractivity contribution in [3.05, 3.63) is 18.2 Å². The van der Waals surface area contributed by atoms with Crippen molar-refractivity contribution >= 4 is 32.6 Å². The predicted molar refractivity (Wildman–Crippen MR) is 116 cm³/mol. The van der Waals surface area contributed by atoms with Gasteiger partial charge in [0, 0.05) is 26.2 Å². The Balaban J connectivity index is 1.17. The van der Waals surface area contributed by atoms with Crippen molar-refractivity contribution in [1.29, 1.82) is 0 Å². The largest absolute Gasteiger partial charge is 0.494 e. The molecule has 2 heterocycles. The molecule has 1 amide bonds. The molecule has 0 radical (unpaired) electrons. The summed E-state index contributed by atoms with van der Waals surface area (Å²) in [5.41, 5.74) is 0.933. The predicted octanol–water partition coefficient (Wildman–Crippen LogP) is 4.17. The highest BCUT2D eigenvalue weighted by Crippen LogP contribution is 2.60. The Morgan fingerprint density at radius 1 is 1.07 bits per heavy atom. The Kier molecular flexibility index (Phi) is 4.09. The number of amides is 1. The Bertz CT molecular complexity index is 911. The summed E-state index contributed by atoms with van der Waals surface area (Å²) in [6, 6.07) is 6.09. The zero-order chi connectivity index (χ0) is 19.6. The van der Waals surface area contributed by atoms with Crippen LogP contribution in [-0.2, 0) is 4.79 Å². The fourth-order valence-corrected chi connectivity index (χ4v) is 8.06. The van der Waals surface area contributed by atoms with Gasteiger partial charge in [-0.05, 0) is 68.4 Å². The number of rotatable bonds is 3. The highest BCUT2D eigenvalue weighted by Gasteiger charge is 2.55. The van der Waals surface area contributed by atoms with Gasteiger partial charge in [0.2, 0.25) is 5.91 Å². The van der Waals surface area contributed by atoms with Crippen LogP contribution in [-0.4, -0.2) is 49.1 Å². The number of para-hydroxylation sites is 1. The van der Waals surface area contributed by atoms with Gasteiger partial charge in [-0.1, -0.05) is 17.4 Å². The fourth-order valence-electron chi connectivity index (χ4n) is 7.02. The first-order valence-electron chi connectivity index (χ1n) is 11.1. The van der Waals surface area contributed by atoms with Crippen molar-refractivity contribution in [2.75, 3.05) is 38.2 Å². The van der Waals surface area contributed by atoms with Gasteiger partial charge in [-0.15, -0.1) is 0 Å². The maximum atomic E-state index is 13.6. The van der Waals surface area contributed by atoms with Crippen LogP contribution in [0.3, 0.4) is 0 Å². The minimum atomic E-state index is -0.0137. The topological polar surface area (TPSA) is 45.7 Å². The molecular formula is C23H29N3O2S. The minimum absolute atomic E-state index is 0.0137. The number of fused-ring (bicyclic) bond motifs is 1. The molecular weight excluding hydrogens is 382 g/mol. The van der Waals surface area contributed by atoms with Gasteiger partial charge in [-0.3, -0.25) is 4.79 Å². The quantitative estimate of drug-likeness (QED) is 0.760. The smallest absolute Gasteiger partial charge is 0.228 e. The first kappa shape index (κ1) is 18.0. The third-order valence-electron chi connectivity index (χ3n) is 7.92. The molecule has 7 rings (SSSR count). The molecule has 1 saturated heterocycles. The average molecular weight is 412 g/mol. The van der Waals surface area contributed by atoms with Gasteiger partial charge in [-0.2, -0.15) is 0 Å². The number of anilines is 1. The van der Waals surface area contributed by atoms with E-state index < -0.39 is 0 Å². The van der Waals surface area contributed by atoms with Gasteiger partial charge >= 0.3 is 0 Å². The standard InChI is InChI=1S/C23H29N3O2S/c1-28-18-3-2-4-19-20(18)24-22(29-19)26-7-5-25(6-8-26)21(27)23-12-15-9-16(13-23)11-17(10-15)14-23/h2-4,15-17H,5-14H2,1H3. The van der Waals surface area contributed by atoms with Crippen molar-refractivity contribution in [3.8, 4) is 5.75 Å². The van der Waals surface area contributed by atoms with Gasteiger partial charge in [0.15, 0.2) is 5.13 Å². The van der Waals surface area contributed by atoms with Crippen LogP contribution in [0.1, 0.15) is 38.5 Å². The van der Waals surface area contributed by atoms with E-state index in [1.54, 1.807) is 18.4 Å². The lowest BCUT2D eigenvalue weighted by molar-refractivity contribution is -0.158. The van der Waals surface area contributed by atoms with Gasteiger partial charge in [0.1, 0.15) is 11.3 Å². The number of methoxy groups -OCH3 is 1. The van der Waals surface area contributed by atoms with E-state index in [-0.39, 0.29) is 5.41 Å². The van der Waals surface area contributed by atoms with E-state index in [4.69, 9.17) is 9.72 Å². The van der Waals surface area contributed by atoms with Crippen LogP contribution in [0.4, 0.5) is 5.13 Å². The summed E-state index contributed by atoms with van der Waals surface area (Å²) >= 11 is 1.72. The number of aromatic nitrogens is 1. The molecule has 0 N–H and O–H groups in total. The number of hydrogen-bond donors (Lipinski definition) is 0. The number of nitrogens with zero attached hydrogens (tertiary/aromatic N) is 3. The van der Waals surface area contributed by atoms with Crippen molar-refractivity contribution < 1.29 is 9.53 Å². The third-order valence-corrected chi connectivity index (χ3v) is 9.00. The monoisotopic (exact) mass is 411 g/mol. The summed E-state index contributed by atoms with van der Waals surface area (Å²) < 4.78 is 6.63. The Labute approximate surface area is 176 Å². The first-order chi connectivity index (χ1) is 14.1. The van der Waals surface area contributed by atoms with Crippen molar-refractivity contribution in [2.24, 2.45) is 23.2 Å². The molecule has 5 aliphatic rings. The van der Waals surface area contributed by atoms with Crippen LogP contribution in [0.2, 0.25) is 0 Å². The zero-order valence-corrected chi connectivity index (χ0v) is 17.9. The van der Waals surface area contributed by atoms with E-state index in [9.17, 15) is 4.79 Å². The normalized spacial score (nSPS) is 33.5. The zero-order valence-electron chi connectivity index (χ0n) is 17.1. The van der Waals surface area contributed by atoms with Crippen molar-refractivity contribution in [1.82, 2.24) is 9.88 Å². The van der Waals surface area contributed by atoms with Crippen LogP contribution in [0, 0.1) is 23.2 Å². The fraction of sp³-hybridized carbons (Fsp3) is 0.652. The molecule has 0 atom stereocenters. The molecule has 1 aromatic carbocycles. The number of thiazole rings is 1. The molecule has 5 nitrogen and oxygen atoms in total. The maximum absolute atomic E-state index is 13.6. The summed E-state index contributed by atoms with van der Waals surface area (Å²) in [4.78, 5) is 23.0. The Morgan fingerprint density at radius 3 is 2.34 bits per heavy atom. The number of hydrogen-bond acceptors (Lipinski definition) is 5.